The Bertz CT molecular complexity index is 574. The zero-order valence-corrected chi connectivity index (χ0v) is 9.85. The van der Waals surface area contributed by atoms with Crippen LogP contribution >= 0.6 is 22.9 Å². The average molecular weight is 273 g/mol. The van der Waals surface area contributed by atoms with Crippen LogP contribution in [0.15, 0.2) is 18.2 Å². The molecule has 5 nitrogen and oxygen atoms in total. The molecule has 0 saturated carbocycles. The number of nitrogens with two attached hydrogens (primary N) is 1. The highest BCUT2D eigenvalue weighted by molar-refractivity contribution is 7.19. The van der Waals surface area contributed by atoms with Crippen LogP contribution in [0.2, 0.25) is 5.02 Å². The molecule has 88 valence electrons. The highest BCUT2D eigenvalue weighted by Gasteiger charge is 2.11. The Kier molecular flexibility index (Phi) is 3.21. The molecule has 0 aliphatic carbocycles. The number of benzene rings is 1. The van der Waals surface area contributed by atoms with Crippen LogP contribution in [0.25, 0.3) is 0 Å². The van der Waals surface area contributed by atoms with E-state index < -0.39 is 11.7 Å². The summed E-state index contributed by atoms with van der Waals surface area (Å²) in [6.07, 6.45) is 0. The van der Waals surface area contributed by atoms with E-state index in [9.17, 15) is 9.18 Å². The smallest absolute Gasteiger partial charge is 0.257 e. The van der Waals surface area contributed by atoms with Crippen LogP contribution < -0.4 is 11.1 Å². The normalized spacial score (nSPS) is 10.2. The maximum absolute atomic E-state index is 13.1. The first-order chi connectivity index (χ1) is 8.06. The van der Waals surface area contributed by atoms with E-state index in [2.05, 4.69) is 15.5 Å². The summed E-state index contributed by atoms with van der Waals surface area (Å²) in [5.41, 5.74) is 5.49. The predicted octanol–water partition coefficient (Wildman–Crippen LogP) is 2.17. The van der Waals surface area contributed by atoms with Crippen LogP contribution in [0, 0.1) is 5.82 Å². The molecule has 1 aromatic carbocycles. The number of amides is 1. The highest BCUT2D eigenvalue weighted by Crippen LogP contribution is 2.19. The predicted molar refractivity (Wildman–Crippen MR) is 63.7 cm³/mol. The van der Waals surface area contributed by atoms with Crippen molar-refractivity contribution in [1.29, 1.82) is 0 Å². The zero-order chi connectivity index (χ0) is 12.4. The van der Waals surface area contributed by atoms with Crippen LogP contribution in [0.3, 0.4) is 0 Å². The highest BCUT2D eigenvalue weighted by atomic mass is 35.5. The number of aromatic nitrogens is 2. The number of halogens is 2. The van der Waals surface area contributed by atoms with E-state index in [-0.39, 0.29) is 20.8 Å². The van der Waals surface area contributed by atoms with E-state index in [1.807, 2.05) is 0 Å². The zero-order valence-electron chi connectivity index (χ0n) is 8.28. The molecule has 17 heavy (non-hydrogen) atoms. The number of anilines is 2. The Morgan fingerprint density at radius 2 is 2.24 bits per heavy atom. The fourth-order valence-corrected chi connectivity index (χ4v) is 1.71. The summed E-state index contributed by atoms with van der Waals surface area (Å²) in [5.74, 6) is -1.16. The quantitative estimate of drug-likeness (QED) is 0.878. The number of carbonyl (C=O) groups excluding carboxylic acids is 1. The Morgan fingerprint density at radius 1 is 1.47 bits per heavy atom. The van der Waals surface area contributed by atoms with Gasteiger partial charge in [0, 0.05) is 5.56 Å². The van der Waals surface area contributed by atoms with E-state index >= 15 is 0 Å². The molecular weight excluding hydrogens is 267 g/mol. The minimum atomic E-state index is -0.656. The second kappa shape index (κ2) is 4.64. The second-order valence-electron chi connectivity index (χ2n) is 3.03. The van der Waals surface area contributed by atoms with Crippen LogP contribution in [0.4, 0.5) is 14.7 Å². The lowest BCUT2D eigenvalue weighted by atomic mass is 10.2. The fraction of sp³-hybridized carbons (Fsp3) is 0. The Morgan fingerprint density at radius 3 is 2.82 bits per heavy atom. The van der Waals surface area contributed by atoms with E-state index in [0.29, 0.717) is 0 Å². The molecule has 0 radical (unpaired) electrons. The van der Waals surface area contributed by atoms with Gasteiger partial charge in [-0.25, -0.2) is 4.39 Å². The van der Waals surface area contributed by atoms with Crippen molar-refractivity contribution >= 4 is 39.1 Å². The molecular formula is C9H6ClFN4OS. The fourth-order valence-electron chi connectivity index (χ4n) is 1.09. The average Bonchev–Trinajstić information content (AvgIpc) is 2.68. The van der Waals surface area contributed by atoms with Gasteiger partial charge in [-0.2, -0.15) is 0 Å². The molecule has 0 aliphatic rings. The third-order valence-corrected chi connectivity index (χ3v) is 2.82. The van der Waals surface area contributed by atoms with Crippen LogP contribution in [-0.4, -0.2) is 16.1 Å². The number of nitrogens with zero attached hydrogens (tertiary/aromatic N) is 2. The van der Waals surface area contributed by atoms with Crippen molar-refractivity contribution in [3.8, 4) is 0 Å². The first-order valence-electron chi connectivity index (χ1n) is 4.41. The number of carbonyl (C=O) groups is 1. The minimum Gasteiger partial charge on any atom is -0.374 e. The van der Waals surface area contributed by atoms with E-state index in [1.165, 1.54) is 12.1 Å². The number of rotatable bonds is 2. The third kappa shape index (κ3) is 2.69. The molecule has 0 bridgehead atoms. The Labute approximate surface area is 104 Å². The topological polar surface area (TPSA) is 80.9 Å². The lowest BCUT2D eigenvalue weighted by Gasteiger charge is -2.01. The molecule has 0 spiro atoms. The molecule has 2 rings (SSSR count). The lowest BCUT2D eigenvalue weighted by molar-refractivity contribution is 0.102. The molecule has 0 saturated heterocycles. The number of nitrogens with one attached hydrogen (secondary N) is 1. The molecule has 0 fully saturated rings. The van der Waals surface area contributed by atoms with E-state index in [1.54, 1.807) is 0 Å². The summed E-state index contributed by atoms with van der Waals surface area (Å²) in [4.78, 5) is 11.7. The maximum atomic E-state index is 13.1. The van der Waals surface area contributed by atoms with Crippen molar-refractivity contribution in [3.63, 3.8) is 0 Å². The van der Waals surface area contributed by atoms with Crippen molar-refractivity contribution in [2.75, 3.05) is 11.1 Å². The Hall–Kier alpha value is -1.73. The van der Waals surface area contributed by atoms with Crippen LogP contribution in [0.1, 0.15) is 10.4 Å². The van der Waals surface area contributed by atoms with Crippen molar-refractivity contribution in [1.82, 2.24) is 10.2 Å². The standard InChI is InChI=1S/C9H6ClFN4OS/c10-5-2-1-4(3-6(5)11)7(16)13-9-15-14-8(12)17-9/h1-3H,(H2,12,14)(H,13,15,16). The molecule has 0 atom stereocenters. The van der Waals surface area contributed by atoms with Gasteiger partial charge in [-0.3, -0.25) is 10.1 Å². The molecule has 8 heteroatoms. The SMILES string of the molecule is Nc1nnc(NC(=O)c2ccc(Cl)c(F)c2)s1. The summed E-state index contributed by atoms with van der Waals surface area (Å²) in [7, 11) is 0. The van der Waals surface area contributed by atoms with Gasteiger partial charge in [-0.1, -0.05) is 22.9 Å². The van der Waals surface area contributed by atoms with Gasteiger partial charge in [0.2, 0.25) is 10.3 Å². The van der Waals surface area contributed by atoms with Gasteiger partial charge in [-0.05, 0) is 18.2 Å². The molecule has 2 aromatic rings. The summed E-state index contributed by atoms with van der Waals surface area (Å²) < 4.78 is 13.1. The van der Waals surface area contributed by atoms with Gasteiger partial charge < -0.3 is 5.73 Å². The summed E-state index contributed by atoms with van der Waals surface area (Å²) in [6, 6.07) is 3.76. The van der Waals surface area contributed by atoms with Gasteiger partial charge in [0.25, 0.3) is 5.91 Å². The molecule has 0 unspecified atom stereocenters. The van der Waals surface area contributed by atoms with Crippen molar-refractivity contribution in [2.45, 2.75) is 0 Å². The minimum absolute atomic E-state index is 0.0401. The van der Waals surface area contributed by atoms with Gasteiger partial charge >= 0.3 is 0 Å². The van der Waals surface area contributed by atoms with Gasteiger partial charge in [0.1, 0.15) is 5.82 Å². The van der Waals surface area contributed by atoms with E-state index in [0.717, 1.165) is 17.4 Å². The molecule has 1 amide bonds. The van der Waals surface area contributed by atoms with Crippen molar-refractivity contribution in [3.05, 3.63) is 34.6 Å². The second-order valence-corrected chi connectivity index (χ2v) is 4.44. The largest absolute Gasteiger partial charge is 0.374 e. The monoisotopic (exact) mass is 272 g/mol. The van der Waals surface area contributed by atoms with Crippen LogP contribution in [-0.2, 0) is 0 Å². The van der Waals surface area contributed by atoms with Gasteiger partial charge in [-0.15, -0.1) is 10.2 Å². The summed E-state index contributed by atoms with van der Waals surface area (Å²) in [5, 5.41) is 10.0. The van der Waals surface area contributed by atoms with Crippen LogP contribution in [0.5, 0.6) is 0 Å². The molecule has 0 aliphatic heterocycles. The lowest BCUT2D eigenvalue weighted by Crippen LogP contribution is -2.11. The third-order valence-electron chi connectivity index (χ3n) is 1.84. The number of hydrogen-bond acceptors (Lipinski definition) is 5. The van der Waals surface area contributed by atoms with Crippen molar-refractivity contribution < 1.29 is 9.18 Å². The van der Waals surface area contributed by atoms with Gasteiger partial charge in [0.05, 0.1) is 5.02 Å². The first kappa shape index (κ1) is 11.7. The van der Waals surface area contributed by atoms with Gasteiger partial charge in [0.15, 0.2) is 0 Å². The molecule has 1 aromatic heterocycles. The summed E-state index contributed by atoms with van der Waals surface area (Å²) in [6.45, 7) is 0. The number of nitrogen functional groups attached to an aromatic ring is 1. The maximum Gasteiger partial charge on any atom is 0.257 e. The molecule has 3 N–H and O–H groups in total. The number of hydrogen-bond donors (Lipinski definition) is 2. The molecule has 1 heterocycles. The summed E-state index contributed by atoms with van der Waals surface area (Å²) >= 11 is 6.53. The van der Waals surface area contributed by atoms with E-state index in [4.69, 9.17) is 17.3 Å². The first-order valence-corrected chi connectivity index (χ1v) is 5.61. The van der Waals surface area contributed by atoms with Crippen molar-refractivity contribution in [2.24, 2.45) is 0 Å². The Balaban J connectivity index is 2.17.